The number of piperidine rings is 4. The monoisotopic (exact) mass is 234 g/mol. The molecule has 0 aromatic rings. The second-order valence-electron chi connectivity index (χ2n) is 6.87. The van der Waals surface area contributed by atoms with Crippen LogP contribution in [0.3, 0.4) is 0 Å². The molecule has 0 aromatic heterocycles. The van der Waals surface area contributed by atoms with Gasteiger partial charge in [-0.15, -0.1) is 0 Å². The van der Waals surface area contributed by atoms with Crippen LogP contribution in [0.2, 0.25) is 0 Å². The Balaban J connectivity index is 1.56. The van der Waals surface area contributed by atoms with E-state index >= 15 is 0 Å². The Morgan fingerprint density at radius 2 is 1.18 bits per heavy atom. The van der Waals surface area contributed by atoms with E-state index < -0.39 is 0 Å². The van der Waals surface area contributed by atoms with E-state index in [9.17, 15) is 0 Å². The molecule has 96 valence electrons. The number of fused-ring (bicyclic) bond motifs is 6. The van der Waals surface area contributed by atoms with Crippen molar-refractivity contribution in [2.24, 2.45) is 11.8 Å². The van der Waals surface area contributed by atoms with Gasteiger partial charge in [0.1, 0.15) is 0 Å². The van der Waals surface area contributed by atoms with Crippen LogP contribution in [0.1, 0.15) is 44.9 Å². The van der Waals surface area contributed by atoms with Crippen molar-refractivity contribution in [2.75, 3.05) is 26.2 Å². The summed E-state index contributed by atoms with van der Waals surface area (Å²) < 4.78 is 0. The van der Waals surface area contributed by atoms with Gasteiger partial charge in [-0.05, 0) is 57.0 Å². The molecule has 4 heterocycles. The third-order valence-electron chi connectivity index (χ3n) is 5.96. The van der Waals surface area contributed by atoms with E-state index in [1.165, 1.54) is 64.7 Å². The summed E-state index contributed by atoms with van der Waals surface area (Å²) in [5, 5.41) is 0. The molecule has 0 aromatic carbocycles. The lowest BCUT2D eigenvalue weighted by Gasteiger charge is -2.57. The van der Waals surface area contributed by atoms with E-state index in [0.717, 1.165) is 23.9 Å². The van der Waals surface area contributed by atoms with Crippen molar-refractivity contribution in [3.05, 3.63) is 0 Å². The minimum atomic E-state index is 0.961. The number of hydrogen-bond acceptors (Lipinski definition) is 2. The van der Waals surface area contributed by atoms with Gasteiger partial charge in [0, 0.05) is 25.2 Å². The highest BCUT2D eigenvalue weighted by Crippen LogP contribution is 2.42. The average Bonchev–Trinajstić information content (AvgIpc) is 2.39. The van der Waals surface area contributed by atoms with Crippen LogP contribution in [0.5, 0.6) is 0 Å². The molecule has 2 nitrogen and oxygen atoms in total. The zero-order valence-corrected chi connectivity index (χ0v) is 11.0. The molecule has 4 atom stereocenters. The first kappa shape index (κ1) is 10.8. The Morgan fingerprint density at radius 1 is 0.647 bits per heavy atom. The number of hydrogen-bond donors (Lipinski definition) is 0. The Labute approximate surface area is 105 Å². The molecule has 4 rings (SSSR count). The fraction of sp³-hybridized carbons (Fsp3) is 1.00. The van der Waals surface area contributed by atoms with Crippen molar-refractivity contribution in [3.8, 4) is 0 Å². The highest BCUT2D eigenvalue weighted by Gasteiger charge is 2.46. The molecule has 2 unspecified atom stereocenters. The van der Waals surface area contributed by atoms with Gasteiger partial charge in [0.15, 0.2) is 0 Å². The summed E-state index contributed by atoms with van der Waals surface area (Å²) in [4.78, 5) is 5.74. The lowest BCUT2D eigenvalue weighted by Crippen LogP contribution is -2.63. The molecule has 0 N–H and O–H groups in total. The molecule has 0 aliphatic carbocycles. The summed E-state index contributed by atoms with van der Waals surface area (Å²) in [5.74, 6) is 2.03. The van der Waals surface area contributed by atoms with Gasteiger partial charge in [0.2, 0.25) is 0 Å². The molecule has 2 bridgehead atoms. The van der Waals surface area contributed by atoms with Crippen molar-refractivity contribution in [2.45, 2.75) is 57.0 Å². The number of rotatable bonds is 0. The fourth-order valence-electron chi connectivity index (χ4n) is 5.25. The van der Waals surface area contributed by atoms with Gasteiger partial charge < -0.3 is 0 Å². The highest BCUT2D eigenvalue weighted by molar-refractivity contribution is 5.00. The first-order valence-electron chi connectivity index (χ1n) is 7.90. The van der Waals surface area contributed by atoms with E-state index in [1.54, 1.807) is 6.42 Å². The summed E-state index contributed by atoms with van der Waals surface area (Å²) in [6.45, 7) is 5.68. The van der Waals surface area contributed by atoms with Crippen molar-refractivity contribution in [1.29, 1.82) is 0 Å². The van der Waals surface area contributed by atoms with E-state index in [-0.39, 0.29) is 0 Å². The summed E-state index contributed by atoms with van der Waals surface area (Å²) in [5.41, 5.74) is 0. The van der Waals surface area contributed by atoms with Gasteiger partial charge in [0.05, 0.1) is 0 Å². The van der Waals surface area contributed by atoms with Gasteiger partial charge in [-0.1, -0.05) is 12.8 Å². The lowest BCUT2D eigenvalue weighted by molar-refractivity contribution is -0.0718. The largest absolute Gasteiger partial charge is 0.300 e. The average molecular weight is 234 g/mol. The maximum Gasteiger partial charge on any atom is 0.0136 e. The first-order valence-corrected chi connectivity index (χ1v) is 7.90. The third kappa shape index (κ3) is 1.76. The standard InChI is InChI=1S/C15H26N2/c1-3-7-16-11-13-9-12(14(16)5-1)10-17-8-4-2-6-15(13)17/h12-15H,1-11H2/t12?,13?,14-,15+. The van der Waals surface area contributed by atoms with E-state index in [0.29, 0.717) is 0 Å². The molecule has 0 spiro atoms. The van der Waals surface area contributed by atoms with Crippen molar-refractivity contribution < 1.29 is 0 Å². The Bertz CT molecular complexity index is 263. The summed E-state index contributed by atoms with van der Waals surface area (Å²) in [6, 6.07) is 1.92. The zero-order valence-electron chi connectivity index (χ0n) is 11.0. The topological polar surface area (TPSA) is 6.48 Å². The van der Waals surface area contributed by atoms with Crippen LogP contribution >= 0.6 is 0 Å². The molecule has 4 saturated heterocycles. The second-order valence-corrected chi connectivity index (χ2v) is 6.87. The zero-order chi connectivity index (χ0) is 11.2. The van der Waals surface area contributed by atoms with Crippen LogP contribution in [0.4, 0.5) is 0 Å². The van der Waals surface area contributed by atoms with Gasteiger partial charge in [-0.25, -0.2) is 0 Å². The van der Waals surface area contributed by atoms with E-state index in [4.69, 9.17) is 0 Å². The van der Waals surface area contributed by atoms with Gasteiger partial charge in [-0.2, -0.15) is 0 Å². The predicted octanol–water partition coefficient (Wildman–Crippen LogP) is 2.35. The van der Waals surface area contributed by atoms with Gasteiger partial charge in [0.25, 0.3) is 0 Å². The molecular formula is C15H26N2. The van der Waals surface area contributed by atoms with E-state index in [2.05, 4.69) is 9.80 Å². The van der Waals surface area contributed by atoms with Crippen LogP contribution in [0, 0.1) is 11.8 Å². The Morgan fingerprint density at radius 3 is 1.71 bits per heavy atom. The van der Waals surface area contributed by atoms with Crippen molar-refractivity contribution in [1.82, 2.24) is 9.80 Å². The van der Waals surface area contributed by atoms with Crippen LogP contribution in [-0.4, -0.2) is 48.1 Å². The van der Waals surface area contributed by atoms with Crippen LogP contribution in [-0.2, 0) is 0 Å². The molecule has 2 heteroatoms. The molecule has 4 aliphatic heterocycles. The molecule has 0 amide bonds. The molecule has 17 heavy (non-hydrogen) atoms. The molecular weight excluding hydrogens is 208 g/mol. The minimum Gasteiger partial charge on any atom is -0.300 e. The first-order chi connectivity index (χ1) is 8.42. The second kappa shape index (κ2) is 4.24. The fourth-order valence-corrected chi connectivity index (χ4v) is 5.25. The molecule has 4 fully saturated rings. The third-order valence-corrected chi connectivity index (χ3v) is 5.96. The van der Waals surface area contributed by atoms with Crippen LogP contribution in [0.15, 0.2) is 0 Å². The van der Waals surface area contributed by atoms with Gasteiger partial charge in [-0.3, -0.25) is 9.80 Å². The van der Waals surface area contributed by atoms with Gasteiger partial charge >= 0.3 is 0 Å². The minimum absolute atomic E-state index is 0.961. The van der Waals surface area contributed by atoms with E-state index in [1.807, 2.05) is 0 Å². The summed E-state index contributed by atoms with van der Waals surface area (Å²) in [7, 11) is 0. The summed E-state index contributed by atoms with van der Waals surface area (Å²) in [6.07, 6.45) is 10.5. The molecule has 0 saturated carbocycles. The van der Waals surface area contributed by atoms with Crippen LogP contribution in [0.25, 0.3) is 0 Å². The van der Waals surface area contributed by atoms with Crippen molar-refractivity contribution >= 4 is 0 Å². The number of nitrogens with zero attached hydrogens (tertiary/aromatic N) is 2. The normalized spacial score (nSPS) is 47.3. The quantitative estimate of drug-likeness (QED) is 0.635. The maximum absolute atomic E-state index is 2.87. The maximum atomic E-state index is 2.87. The lowest BCUT2D eigenvalue weighted by atomic mass is 9.71. The Hall–Kier alpha value is -0.0800. The molecule has 4 aliphatic rings. The Kier molecular flexibility index (Phi) is 2.69. The van der Waals surface area contributed by atoms with Crippen LogP contribution < -0.4 is 0 Å². The predicted molar refractivity (Wildman–Crippen MR) is 70.0 cm³/mol. The SMILES string of the molecule is C1CCN2CC3CC(CN4CCCC[C@@H]34)[C@H]2C1. The molecule has 0 radical (unpaired) electrons. The summed E-state index contributed by atoms with van der Waals surface area (Å²) >= 11 is 0. The highest BCUT2D eigenvalue weighted by atomic mass is 15.3. The smallest absolute Gasteiger partial charge is 0.0136 e. The van der Waals surface area contributed by atoms with Crippen molar-refractivity contribution in [3.63, 3.8) is 0 Å².